The Bertz CT molecular complexity index is 451. The zero-order valence-corrected chi connectivity index (χ0v) is 10.7. The maximum Gasteiger partial charge on any atom is 0.330 e. The number of ether oxygens (including phenoxy) is 1. The van der Waals surface area contributed by atoms with Gasteiger partial charge in [-0.25, -0.2) is 9.68 Å². The summed E-state index contributed by atoms with van der Waals surface area (Å²) in [4.78, 5) is 26.5. The fourth-order valence-corrected chi connectivity index (χ4v) is 1.51. The van der Waals surface area contributed by atoms with Crippen molar-refractivity contribution in [3.8, 4) is 0 Å². The van der Waals surface area contributed by atoms with Crippen molar-refractivity contribution in [1.29, 1.82) is 0 Å². The molecule has 1 N–H and O–H groups in total. The Morgan fingerprint density at radius 2 is 2.16 bits per heavy atom. The fourth-order valence-electron chi connectivity index (χ4n) is 1.51. The second kappa shape index (κ2) is 5.94. The molecule has 6 nitrogen and oxygen atoms in total. The topological polar surface area (TPSA) is 66.0 Å². The second-order valence-electron chi connectivity index (χ2n) is 4.05. The predicted octanol–water partition coefficient (Wildman–Crippen LogP) is 1.40. The monoisotopic (exact) mass is 265 g/mol. The van der Waals surface area contributed by atoms with Gasteiger partial charge in [-0.05, 0) is 13.0 Å². The number of hydrogen-bond acceptors (Lipinski definition) is 6. The summed E-state index contributed by atoms with van der Waals surface area (Å²) in [6.45, 7) is 1.77. The van der Waals surface area contributed by atoms with E-state index in [0.717, 1.165) is 5.56 Å². The number of nitrogens with one attached hydrogen (secondary N) is 1. The third-order valence-electron chi connectivity index (χ3n) is 2.59. The van der Waals surface area contributed by atoms with Crippen LogP contribution in [0.4, 0.5) is 0 Å². The predicted molar refractivity (Wildman–Crippen MR) is 65.1 cm³/mol. The van der Waals surface area contributed by atoms with Gasteiger partial charge < -0.3 is 4.74 Å². The summed E-state index contributed by atoms with van der Waals surface area (Å²) in [5.74, 6) is -0.497. The van der Waals surface area contributed by atoms with Crippen molar-refractivity contribution >= 4 is 5.97 Å². The molecule has 1 aromatic carbocycles. The number of carbonyl (C=O) groups excluding carboxylic acids is 1. The SMILES string of the molecule is COC(=O)/C=C\C1ONC(C)(c2ccccc2)OO1. The normalized spacial score (nSPS) is 27.4. The molecule has 2 rings (SSSR count). The summed E-state index contributed by atoms with van der Waals surface area (Å²) in [5.41, 5.74) is 2.70. The van der Waals surface area contributed by atoms with E-state index in [9.17, 15) is 4.79 Å². The maximum atomic E-state index is 10.9. The van der Waals surface area contributed by atoms with Crippen LogP contribution < -0.4 is 5.48 Å². The van der Waals surface area contributed by atoms with Crippen LogP contribution in [0.25, 0.3) is 0 Å². The maximum absolute atomic E-state index is 10.9. The van der Waals surface area contributed by atoms with E-state index >= 15 is 0 Å². The number of hydroxylamine groups is 1. The highest BCUT2D eigenvalue weighted by atomic mass is 17.3. The molecule has 0 saturated carbocycles. The lowest BCUT2D eigenvalue weighted by Crippen LogP contribution is -2.49. The molecule has 1 fully saturated rings. The number of benzene rings is 1. The minimum atomic E-state index is -0.906. The summed E-state index contributed by atoms with van der Waals surface area (Å²) in [6.07, 6.45) is 1.75. The van der Waals surface area contributed by atoms with Crippen molar-refractivity contribution in [2.24, 2.45) is 0 Å². The number of esters is 1. The lowest BCUT2D eigenvalue weighted by Gasteiger charge is -2.35. The number of methoxy groups -OCH3 is 1. The molecule has 1 aromatic rings. The Morgan fingerprint density at radius 1 is 1.42 bits per heavy atom. The molecule has 1 saturated heterocycles. The van der Waals surface area contributed by atoms with Crippen LogP contribution in [0.2, 0.25) is 0 Å². The molecule has 1 aliphatic rings. The van der Waals surface area contributed by atoms with Crippen molar-refractivity contribution < 1.29 is 24.1 Å². The van der Waals surface area contributed by atoms with Gasteiger partial charge in [0.2, 0.25) is 6.29 Å². The highest BCUT2D eigenvalue weighted by Gasteiger charge is 2.35. The van der Waals surface area contributed by atoms with Crippen LogP contribution in [-0.2, 0) is 29.9 Å². The molecule has 0 bridgehead atoms. The quantitative estimate of drug-likeness (QED) is 0.506. The lowest BCUT2D eigenvalue weighted by molar-refractivity contribution is -0.491. The van der Waals surface area contributed by atoms with Gasteiger partial charge in [0, 0.05) is 11.6 Å². The molecule has 19 heavy (non-hydrogen) atoms. The molecule has 1 aliphatic heterocycles. The lowest BCUT2D eigenvalue weighted by atomic mass is 10.1. The molecular weight excluding hydrogens is 250 g/mol. The first-order valence-electron chi connectivity index (χ1n) is 5.73. The number of rotatable bonds is 3. The molecular formula is C13H15NO5. The average Bonchev–Trinajstić information content (AvgIpc) is 2.47. The van der Waals surface area contributed by atoms with E-state index < -0.39 is 18.0 Å². The van der Waals surface area contributed by atoms with Crippen molar-refractivity contribution in [2.45, 2.75) is 18.9 Å². The van der Waals surface area contributed by atoms with Gasteiger partial charge in [-0.3, -0.25) is 4.84 Å². The minimum Gasteiger partial charge on any atom is -0.466 e. The molecule has 0 aromatic heterocycles. The van der Waals surface area contributed by atoms with Crippen LogP contribution in [0, 0.1) is 0 Å². The van der Waals surface area contributed by atoms with Crippen molar-refractivity contribution in [3.05, 3.63) is 48.0 Å². The van der Waals surface area contributed by atoms with Gasteiger partial charge in [-0.15, -0.1) is 0 Å². The Balaban J connectivity index is 1.95. The van der Waals surface area contributed by atoms with Gasteiger partial charge in [0.05, 0.1) is 7.11 Å². The summed E-state index contributed by atoms with van der Waals surface area (Å²) in [6, 6.07) is 9.43. The summed E-state index contributed by atoms with van der Waals surface area (Å²) in [7, 11) is 1.29. The molecule has 2 atom stereocenters. The molecule has 0 radical (unpaired) electrons. The van der Waals surface area contributed by atoms with Crippen LogP contribution in [0.5, 0.6) is 0 Å². The van der Waals surface area contributed by atoms with Gasteiger partial charge in [-0.2, -0.15) is 10.4 Å². The highest BCUT2D eigenvalue weighted by molar-refractivity contribution is 5.81. The van der Waals surface area contributed by atoms with Crippen molar-refractivity contribution in [3.63, 3.8) is 0 Å². The Labute approximate surface area is 110 Å². The van der Waals surface area contributed by atoms with E-state index in [-0.39, 0.29) is 0 Å². The van der Waals surface area contributed by atoms with Gasteiger partial charge in [0.25, 0.3) is 0 Å². The van der Waals surface area contributed by atoms with E-state index in [0.29, 0.717) is 0 Å². The van der Waals surface area contributed by atoms with Gasteiger partial charge in [-0.1, -0.05) is 30.3 Å². The molecule has 102 valence electrons. The van der Waals surface area contributed by atoms with Crippen molar-refractivity contribution in [1.82, 2.24) is 5.48 Å². The van der Waals surface area contributed by atoms with Crippen LogP contribution in [0.3, 0.4) is 0 Å². The third kappa shape index (κ3) is 3.39. The third-order valence-corrected chi connectivity index (χ3v) is 2.59. The van der Waals surface area contributed by atoms with E-state index in [1.807, 2.05) is 30.3 Å². The fraction of sp³-hybridized carbons (Fsp3) is 0.308. The van der Waals surface area contributed by atoms with E-state index in [1.165, 1.54) is 19.3 Å². The van der Waals surface area contributed by atoms with E-state index in [1.54, 1.807) is 6.92 Å². The van der Waals surface area contributed by atoms with E-state index in [4.69, 9.17) is 14.6 Å². The second-order valence-corrected chi connectivity index (χ2v) is 4.05. The smallest absolute Gasteiger partial charge is 0.330 e. The van der Waals surface area contributed by atoms with Crippen molar-refractivity contribution in [2.75, 3.05) is 7.11 Å². The van der Waals surface area contributed by atoms with Crippen LogP contribution >= 0.6 is 0 Å². The van der Waals surface area contributed by atoms with Gasteiger partial charge in [0.1, 0.15) is 0 Å². The first-order chi connectivity index (χ1) is 9.14. The van der Waals surface area contributed by atoms with Gasteiger partial charge >= 0.3 is 5.97 Å². The minimum absolute atomic E-state index is 0.497. The first kappa shape index (κ1) is 13.7. The zero-order valence-electron chi connectivity index (χ0n) is 10.7. The Morgan fingerprint density at radius 3 is 2.74 bits per heavy atom. The standard InChI is InChI=1S/C13H15NO5/c1-13(10-6-4-3-5-7-10)14-17-12(18-19-13)9-8-11(15)16-2/h3-9,12,14H,1-2H3/b9-8-. The molecule has 0 aliphatic carbocycles. The Kier molecular flexibility index (Phi) is 4.28. The number of carbonyl (C=O) groups is 1. The molecule has 0 spiro atoms. The summed E-state index contributed by atoms with van der Waals surface area (Å²) in [5, 5.41) is 0. The largest absolute Gasteiger partial charge is 0.466 e. The van der Waals surface area contributed by atoms with Crippen LogP contribution in [0.1, 0.15) is 12.5 Å². The zero-order chi connectivity index (χ0) is 13.7. The highest BCUT2D eigenvalue weighted by Crippen LogP contribution is 2.26. The molecule has 1 heterocycles. The number of hydrogen-bond donors (Lipinski definition) is 1. The molecule has 6 heteroatoms. The summed E-state index contributed by atoms with van der Waals surface area (Å²) >= 11 is 0. The van der Waals surface area contributed by atoms with Gasteiger partial charge in [0.15, 0.2) is 5.72 Å². The van der Waals surface area contributed by atoms with Crippen LogP contribution in [-0.4, -0.2) is 19.4 Å². The average molecular weight is 265 g/mol. The van der Waals surface area contributed by atoms with E-state index in [2.05, 4.69) is 10.2 Å². The molecule has 0 amide bonds. The molecule has 2 unspecified atom stereocenters. The first-order valence-corrected chi connectivity index (χ1v) is 5.73. The Hall–Kier alpha value is -1.73. The summed E-state index contributed by atoms with van der Waals surface area (Å²) < 4.78 is 4.45. The van der Waals surface area contributed by atoms with Crippen LogP contribution in [0.15, 0.2) is 42.5 Å².